The third-order valence-electron chi connectivity index (χ3n) is 3.52. The zero-order chi connectivity index (χ0) is 13.2. The van der Waals surface area contributed by atoms with Crippen LogP contribution in [0.4, 0.5) is 5.82 Å². The van der Waals surface area contributed by atoms with Crippen LogP contribution in [0.2, 0.25) is 0 Å². The fourth-order valence-electron chi connectivity index (χ4n) is 2.56. The molecule has 5 nitrogen and oxygen atoms in total. The van der Waals surface area contributed by atoms with Crippen molar-refractivity contribution in [1.82, 2.24) is 14.7 Å². The van der Waals surface area contributed by atoms with Crippen molar-refractivity contribution >= 4 is 22.1 Å². The third-order valence-corrected chi connectivity index (χ3v) is 4.28. The first-order valence-corrected chi connectivity index (χ1v) is 7.75. The molecule has 0 saturated carbocycles. The Morgan fingerprint density at radius 1 is 1.58 bits per heavy atom. The van der Waals surface area contributed by atoms with Crippen molar-refractivity contribution in [3.05, 3.63) is 17.3 Å². The second-order valence-electron chi connectivity index (χ2n) is 5.00. The lowest BCUT2D eigenvalue weighted by molar-refractivity contribution is 0.198. The monoisotopic (exact) mass is 280 g/mol. The van der Waals surface area contributed by atoms with Crippen LogP contribution in [0, 0.1) is 0 Å². The number of fused-ring (bicyclic) bond motifs is 1. The summed E-state index contributed by atoms with van der Waals surface area (Å²) in [6.45, 7) is 5.60. The van der Waals surface area contributed by atoms with Crippen LogP contribution in [-0.2, 0) is 6.54 Å². The standard InChI is InChI=1S/C13H20N4OS/c1-2-4-14-8-11-12(16-5-3-10(18)9-16)15-13-17(11)6-7-19-13/h6-7,10,14,18H,2-5,8-9H2,1H3. The lowest BCUT2D eigenvalue weighted by Crippen LogP contribution is -2.24. The highest BCUT2D eigenvalue weighted by molar-refractivity contribution is 7.15. The molecule has 0 amide bonds. The van der Waals surface area contributed by atoms with Gasteiger partial charge in [-0.3, -0.25) is 4.40 Å². The van der Waals surface area contributed by atoms with E-state index in [0.717, 1.165) is 43.3 Å². The van der Waals surface area contributed by atoms with Gasteiger partial charge in [-0.2, -0.15) is 0 Å². The van der Waals surface area contributed by atoms with Crippen LogP contribution in [-0.4, -0.2) is 40.2 Å². The van der Waals surface area contributed by atoms with Gasteiger partial charge < -0.3 is 15.3 Å². The average molecular weight is 280 g/mol. The molecule has 1 fully saturated rings. The number of aliphatic hydroxyl groups is 1. The SMILES string of the molecule is CCCNCc1c(N2CCC(O)C2)nc2sccn12. The highest BCUT2D eigenvalue weighted by atomic mass is 32.1. The summed E-state index contributed by atoms with van der Waals surface area (Å²) in [7, 11) is 0. The van der Waals surface area contributed by atoms with Crippen molar-refractivity contribution in [2.24, 2.45) is 0 Å². The minimum atomic E-state index is -0.212. The molecule has 2 aromatic rings. The summed E-state index contributed by atoms with van der Waals surface area (Å²) in [5.41, 5.74) is 1.21. The van der Waals surface area contributed by atoms with Crippen LogP contribution in [0.15, 0.2) is 11.6 Å². The molecule has 0 spiro atoms. The predicted octanol–water partition coefficient (Wildman–Crippen LogP) is 1.47. The number of hydrogen-bond donors (Lipinski definition) is 2. The van der Waals surface area contributed by atoms with Crippen molar-refractivity contribution in [3.8, 4) is 0 Å². The Kier molecular flexibility index (Phi) is 3.72. The molecule has 19 heavy (non-hydrogen) atoms. The van der Waals surface area contributed by atoms with E-state index in [2.05, 4.69) is 33.1 Å². The van der Waals surface area contributed by atoms with E-state index < -0.39 is 0 Å². The van der Waals surface area contributed by atoms with E-state index in [1.54, 1.807) is 11.3 Å². The van der Waals surface area contributed by atoms with Gasteiger partial charge in [0.1, 0.15) is 0 Å². The van der Waals surface area contributed by atoms with E-state index in [1.165, 1.54) is 5.69 Å². The van der Waals surface area contributed by atoms with E-state index in [-0.39, 0.29) is 6.10 Å². The van der Waals surface area contributed by atoms with Gasteiger partial charge in [0.05, 0.1) is 11.8 Å². The fourth-order valence-corrected chi connectivity index (χ4v) is 3.28. The van der Waals surface area contributed by atoms with Gasteiger partial charge in [-0.25, -0.2) is 4.98 Å². The molecule has 104 valence electrons. The first kappa shape index (κ1) is 12.9. The molecular weight excluding hydrogens is 260 g/mol. The summed E-state index contributed by atoms with van der Waals surface area (Å²) in [6.07, 6.45) is 3.83. The number of aromatic nitrogens is 2. The van der Waals surface area contributed by atoms with Crippen LogP contribution in [0.3, 0.4) is 0 Å². The minimum absolute atomic E-state index is 0.212. The summed E-state index contributed by atoms with van der Waals surface area (Å²) in [5.74, 6) is 1.03. The molecule has 2 aromatic heterocycles. The molecule has 6 heteroatoms. The van der Waals surface area contributed by atoms with Gasteiger partial charge in [-0.05, 0) is 19.4 Å². The number of hydrogen-bond acceptors (Lipinski definition) is 5. The van der Waals surface area contributed by atoms with Crippen LogP contribution in [0.1, 0.15) is 25.5 Å². The highest BCUT2D eigenvalue weighted by Gasteiger charge is 2.25. The maximum atomic E-state index is 9.70. The van der Waals surface area contributed by atoms with Gasteiger partial charge in [0.15, 0.2) is 10.8 Å². The normalized spacial score (nSPS) is 19.7. The number of imidazole rings is 1. The summed E-state index contributed by atoms with van der Waals surface area (Å²) >= 11 is 1.66. The van der Waals surface area contributed by atoms with E-state index in [0.29, 0.717) is 6.54 Å². The summed E-state index contributed by atoms with van der Waals surface area (Å²) in [5, 5.41) is 15.2. The first-order valence-electron chi connectivity index (χ1n) is 6.87. The Hall–Kier alpha value is -1.11. The molecular formula is C13H20N4OS. The van der Waals surface area contributed by atoms with E-state index in [1.807, 2.05) is 0 Å². The highest BCUT2D eigenvalue weighted by Crippen LogP contribution is 2.27. The van der Waals surface area contributed by atoms with Gasteiger partial charge in [-0.1, -0.05) is 6.92 Å². The number of β-amino-alcohol motifs (C(OH)–C–C–N with tert-alkyl or cyclic N) is 1. The largest absolute Gasteiger partial charge is 0.391 e. The van der Waals surface area contributed by atoms with Crippen LogP contribution in [0.25, 0.3) is 4.96 Å². The molecule has 0 aromatic carbocycles. The van der Waals surface area contributed by atoms with E-state index >= 15 is 0 Å². The fraction of sp³-hybridized carbons (Fsp3) is 0.615. The Bertz CT molecular complexity index is 550. The van der Waals surface area contributed by atoms with Crippen molar-refractivity contribution in [1.29, 1.82) is 0 Å². The minimum Gasteiger partial charge on any atom is -0.391 e. The molecule has 0 bridgehead atoms. The second-order valence-corrected chi connectivity index (χ2v) is 5.88. The predicted molar refractivity (Wildman–Crippen MR) is 77.9 cm³/mol. The molecule has 0 aliphatic carbocycles. The van der Waals surface area contributed by atoms with Crippen molar-refractivity contribution in [2.45, 2.75) is 32.4 Å². The molecule has 3 heterocycles. The lowest BCUT2D eigenvalue weighted by atomic mass is 10.3. The Balaban J connectivity index is 1.88. The maximum Gasteiger partial charge on any atom is 0.195 e. The Labute approximate surface area is 116 Å². The molecule has 1 atom stereocenters. The van der Waals surface area contributed by atoms with E-state index in [9.17, 15) is 5.11 Å². The topological polar surface area (TPSA) is 52.8 Å². The quantitative estimate of drug-likeness (QED) is 0.814. The average Bonchev–Trinajstić information content (AvgIpc) is 3.06. The van der Waals surface area contributed by atoms with Crippen LogP contribution in [0.5, 0.6) is 0 Å². The van der Waals surface area contributed by atoms with E-state index in [4.69, 9.17) is 4.98 Å². The van der Waals surface area contributed by atoms with Crippen LogP contribution < -0.4 is 10.2 Å². The zero-order valence-corrected chi connectivity index (χ0v) is 12.0. The molecule has 1 unspecified atom stereocenters. The number of thiazole rings is 1. The smallest absolute Gasteiger partial charge is 0.195 e. The zero-order valence-electron chi connectivity index (χ0n) is 11.2. The molecule has 1 saturated heterocycles. The summed E-state index contributed by atoms with van der Waals surface area (Å²) in [6, 6.07) is 0. The Morgan fingerprint density at radius 2 is 2.47 bits per heavy atom. The number of nitrogens with one attached hydrogen (secondary N) is 1. The number of rotatable bonds is 5. The van der Waals surface area contributed by atoms with Gasteiger partial charge in [0.2, 0.25) is 0 Å². The van der Waals surface area contributed by atoms with Gasteiger partial charge in [0.25, 0.3) is 0 Å². The van der Waals surface area contributed by atoms with Crippen molar-refractivity contribution in [2.75, 3.05) is 24.5 Å². The van der Waals surface area contributed by atoms with Crippen molar-refractivity contribution in [3.63, 3.8) is 0 Å². The molecule has 1 aliphatic rings. The molecule has 2 N–H and O–H groups in total. The second kappa shape index (κ2) is 5.48. The third kappa shape index (κ3) is 2.48. The number of nitrogens with zero attached hydrogens (tertiary/aromatic N) is 3. The lowest BCUT2D eigenvalue weighted by Gasteiger charge is -2.17. The molecule has 0 radical (unpaired) electrons. The van der Waals surface area contributed by atoms with Gasteiger partial charge >= 0.3 is 0 Å². The summed E-state index contributed by atoms with van der Waals surface area (Å²) < 4.78 is 2.16. The van der Waals surface area contributed by atoms with Gasteiger partial charge in [0, 0.05) is 31.2 Å². The van der Waals surface area contributed by atoms with Crippen LogP contribution >= 0.6 is 11.3 Å². The summed E-state index contributed by atoms with van der Waals surface area (Å²) in [4.78, 5) is 7.96. The maximum absolute atomic E-state index is 9.70. The molecule has 3 rings (SSSR count). The number of anilines is 1. The number of aliphatic hydroxyl groups excluding tert-OH is 1. The molecule has 1 aliphatic heterocycles. The Morgan fingerprint density at radius 3 is 3.21 bits per heavy atom. The van der Waals surface area contributed by atoms with Crippen molar-refractivity contribution < 1.29 is 5.11 Å². The van der Waals surface area contributed by atoms with Gasteiger partial charge in [-0.15, -0.1) is 11.3 Å². The first-order chi connectivity index (χ1) is 9.29.